The molecule has 0 unspecified atom stereocenters. The van der Waals surface area contributed by atoms with Gasteiger partial charge in [-0.2, -0.15) is 0 Å². The van der Waals surface area contributed by atoms with Crippen molar-refractivity contribution in [2.75, 3.05) is 13.2 Å². The molecule has 0 aromatic rings. The van der Waals surface area contributed by atoms with Crippen molar-refractivity contribution in [1.82, 2.24) is 0 Å². The summed E-state index contributed by atoms with van der Waals surface area (Å²) in [6.07, 6.45) is 5.85. The predicted octanol–water partition coefficient (Wildman–Crippen LogP) is 14.4. The third-order valence-electron chi connectivity index (χ3n) is 11.2. The zero-order valence-corrected chi connectivity index (χ0v) is 40.9. The van der Waals surface area contributed by atoms with Crippen LogP contribution in [0.15, 0.2) is 0 Å². The summed E-state index contributed by atoms with van der Waals surface area (Å²) in [5.41, 5.74) is 1.03. The molecule has 2 aliphatic rings. The summed E-state index contributed by atoms with van der Waals surface area (Å²) in [5, 5.41) is 18.9. The first-order valence-corrected chi connectivity index (χ1v) is 21.6. The van der Waals surface area contributed by atoms with Crippen LogP contribution in [0.2, 0.25) is 0 Å². The van der Waals surface area contributed by atoms with E-state index in [1.54, 1.807) is 0 Å². The normalized spacial score (nSPS) is 20.4. The molecule has 0 aromatic heterocycles. The Hall–Kier alpha value is -0.160. The van der Waals surface area contributed by atoms with Crippen LogP contribution in [0.5, 0.6) is 0 Å². The van der Waals surface area contributed by atoms with Crippen LogP contribution >= 0.6 is 0 Å². The molecule has 2 rings (SSSR count). The van der Waals surface area contributed by atoms with E-state index in [9.17, 15) is 10.2 Å². The van der Waals surface area contributed by atoms with Crippen molar-refractivity contribution >= 4 is 0 Å². The molecule has 6 atom stereocenters. The Morgan fingerprint density at radius 3 is 0.654 bits per heavy atom. The van der Waals surface area contributed by atoms with Gasteiger partial charge >= 0.3 is 0 Å². The molecule has 2 fully saturated rings. The van der Waals surface area contributed by atoms with Crippen molar-refractivity contribution in [1.29, 1.82) is 0 Å². The van der Waals surface area contributed by atoms with Crippen molar-refractivity contribution < 1.29 is 19.7 Å². The van der Waals surface area contributed by atoms with Gasteiger partial charge in [0.15, 0.2) is 0 Å². The molecule has 0 amide bonds. The van der Waals surface area contributed by atoms with Gasteiger partial charge in [-0.3, -0.25) is 0 Å². The minimum Gasteiger partial charge on any atom is -0.392 e. The van der Waals surface area contributed by atoms with E-state index >= 15 is 0 Å². The maximum atomic E-state index is 9.46. The molecular formula is C48H104O4. The highest BCUT2D eigenvalue weighted by molar-refractivity contribution is 4.76. The zero-order valence-electron chi connectivity index (χ0n) is 40.9. The van der Waals surface area contributed by atoms with E-state index in [-0.39, 0.29) is 23.0 Å². The Balaban J connectivity index is -0.000000266. The average Bonchev–Trinajstić information content (AvgIpc) is 3.70. The van der Waals surface area contributed by atoms with Crippen LogP contribution in [0.3, 0.4) is 0 Å². The fourth-order valence-electron chi connectivity index (χ4n) is 6.26. The molecule has 0 bridgehead atoms. The van der Waals surface area contributed by atoms with Crippen molar-refractivity contribution in [2.45, 2.75) is 230 Å². The Labute approximate surface area is 331 Å². The summed E-state index contributed by atoms with van der Waals surface area (Å²) in [4.78, 5) is 0. The first kappa shape index (κ1) is 58.5. The number of hydrogen-bond donors (Lipinski definition) is 2. The van der Waals surface area contributed by atoms with Crippen LogP contribution in [0, 0.1) is 69.0 Å². The van der Waals surface area contributed by atoms with Gasteiger partial charge in [-0.1, -0.05) is 180 Å². The molecule has 2 N–H and O–H groups in total. The maximum Gasteiger partial charge on any atom is 0.0611 e. The van der Waals surface area contributed by atoms with Crippen LogP contribution in [-0.4, -0.2) is 47.8 Å². The topological polar surface area (TPSA) is 58.9 Å². The lowest BCUT2D eigenvalue weighted by Gasteiger charge is -2.30. The monoisotopic (exact) mass is 745 g/mol. The number of aliphatic hydroxyl groups is 2. The van der Waals surface area contributed by atoms with Crippen LogP contribution in [-0.2, 0) is 9.47 Å². The molecule has 4 nitrogen and oxygen atoms in total. The average molecular weight is 745 g/mol. The van der Waals surface area contributed by atoms with Gasteiger partial charge in [0.25, 0.3) is 0 Å². The SMILES string of the molecule is CC(C)[C@@H](C)C(C)(C)C.CC(C)[C@@H](O)C(C)(C)C.CC(C)[C@@H]1CCCO1.CC(C)[C@H](C)C(C)(C)C.CC(C)[C@H](O)C(C)(C)C.CC(C)[C@H]1CCCO1. The van der Waals surface area contributed by atoms with E-state index in [0.717, 1.165) is 48.7 Å². The summed E-state index contributed by atoms with van der Waals surface area (Å²) in [6, 6.07) is 0. The van der Waals surface area contributed by atoms with E-state index < -0.39 is 0 Å². The minimum absolute atomic E-state index is 0.0359. The molecule has 0 spiro atoms. The number of ether oxygens (including phenoxy) is 2. The standard InChI is InChI=1S/2C9H20.2C8H18O.2C7H14O/c2*1-7(2)8(3)9(4,5)6;2*1-6(2)7(9)8(3,4)5;2*1-6(2)7-4-3-5-8-7/h2*7-8H,1-6H3;2*6-7,9H,1-5H3;2*6-7H,3-5H2,1-2H3/t2*8-;4*7-/m101010/s1. The van der Waals surface area contributed by atoms with Gasteiger partial charge in [0.1, 0.15) is 0 Å². The molecule has 0 radical (unpaired) electrons. The van der Waals surface area contributed by atoms with E-state index in [2.05, 4.69) is 152 Å². The van der Waals surface area contributed by atoms with Crippen molar-refractivity contribution in [2.24, 2.45) is 69.0 Å². The van der Waals surface area contributed by atoms with Gasteiger partial charge in [-0.05, 0) is 94.7 Å². The van der Waals surface area contributed by atoms with Gasteiger partial charge in [-0.25, -0.2) is 0 Å². The molecule has 52 heavy (non-hydrogen) atoms. The van der Waals surface area contributed by atoms with Crippen LogP contribution < -0.4 is 0 Å². The predicted molar refractivity (Wildman–Crippen MR) is 235 cm³/mol. The Morgan fingerprint density at radius 2 is 0.615 bits per heavy atom. The van der Waals surface area contributed by atoms with Crippen LogP contribution in [0.4, 0.5) is 0 Å². The number of aliphatic hydroxyl groups excluding tert-OH is 2. The van der Waals surface area contributed by atoms with Gasteiger partial charge < -0.3 is 19.7 Å². The highest BCUT2D eigenvalue weighted by Gasteiger charge is 2.26. The lowest BCUT2D eigenvalue weighted by molar-refractivity contribution is 0.0245. The summed E-state index contributed by atoms with van der Waals surface area (Å²) in [6.45, 7) is 58.9. The van der Waals surface area contributed by atoms with Crippen molar-refractivity contribution in [3.05, 3.63) is 0 Å². The summed E-state index contributed by atoms with van der Waals surface area (Å²) < 4.78 is 10.8. The Kier molecular flexibility index (Phi) is 30.9. The first-order valence-electron chi connectivity index (χ1n) is 21.6. The van der Waals surface area contributed by atoms with Crippen LogP contribution in [0.1, 0.15) is 206 Å². The van der Waals surface area contributed by atoms with E-state index in [1.807, 2.05) is 27.7 Å². The van der Waals surface area contributed by atoms with Gasteiger partial charge in [0.05, 0.1) is 24.4 Å². The van der Waals surface area contributed by atoms with Crippen molar-refractivity contribution in [3.8, 4) is 0 Å². The molecule has 2 heterocycles. The second kappa shape index (κ2) is 27.4. The van der Waals surface area contributed by atoms with Gasteiger partial charge in [0, 0.05) is 13.2 Å². The fraction of sp³-hybridized carbons (Fsp3) is 1.00. The quantitative estimate of drug-likeness (QED) is 0.284. The van der Waals surface area contributed by atoms with Crippen LogP contribution in [0.25, 0.3) is 0 Å². The third-order valence-corrected chi connectivity index (χ3v) is 11.2. The molecule has 0 aliphatic carbocycles. The fourth-order valence-corrected chi connectivity index (χ4v) is 6.26. The minimum atomic E-state index is -0.183. The highest BCUT2D eigenvalue weighted by Crippen LogP contribution is 2.32. The lowest BCUT2D eigenvalue weighted by atomic mass is 9.76. The molecule has 4 heteroatoms. The molecule has 2 saturated heterocycles. The Morgan fingerprint density at radius 1 is 0.385 bits per heavy atom. The lowest BCUT2D eigenvalue weighted by Crippen LogP contribution is -2.30. The van der Waals surface area contributed by atoms with E-state index in [4.69, 9.17) is 9.47 Å². The molecule has 0 saturated carbocycles. The molecule has 320 valence electrons. The second-order valence-corrected chi connectivity index (χ2v) is 22.5. The molecule has 2 aliphatic heterocycles. The molecular weight excluding hydrogens is 641 g/mol. The number of hydrogen-bond acceptors (Lipinski definition) is 4. The first-order chi connectivity index (χ1) is 23.0. The van der Waals surface area contributed by atoms with E-state index in [0.29, 0.717) is 34.9 Å². The van der Waals surface area contributed by atoms with Gasteiger partial charge in [0.2, 0.25) is 0 Å². The Bertz CT molecular complexity index is 670. The van der Waals surface area contributed by atoms with E-state index in [1.165, 1.54) is 25.7 Å². The second-order valence-electron chi connectivity index (χ2n) is 22.5. The number of rotatable bonds is 6. The van der Waals surface area contributed by atoms with Crippen molar-refractivity contribution in [3.63, 3.8) is 0 Å². The smallest absolute Gasteiger partial charge is 0.0611 e. The largest absolute Gasteiger partial charge is 0.392 e. The molecule has 0 aromatic carbocycles. The maximum absolute atomic E-state index is 9.46. The zero-order chi connectivity index (χ0) is 42.6. The summed E-state index contributed by atoms with van der Waals surface area (Å²) >= 11 is 0. The summed E-state index contributed by atoms with van der Waals surface area (Å²) in [5.74, 6) is 5.43. The highest BCUT2D eigenvalue weighted by atomic mass is 16.5. The summed E-state index contributed by atoms with van der Waals surface area (Å²) in [7, 11) is 0. The third kappa shape index (κ3) is 31.1. The van der Waals surface area contributed by atoms with Gasteiger partial charge in [-0.15, -0.1) is 0 Å².